The number of nitrogens with one attached hydrogen (secondary N) is 1. The lowest BCUT2D eigenvalue weighted by Gasteiger charge is -1.99. The fourth-order valence-corrected chi connectivity index (χ4v) is 1.11. The first-order chi connectivity index (χ1) is 6.45. The molecule has 3 heteroatoms. The maximum absolute atomic E-state index is 4.05. The number of nitrogens with zero attached hydrogens (tertiary/aromatic N) is 2. The molecule has 0 amide bonds. The average molecular weight is 175 g/mol. The van der Waals surface area contributed by atoms with Gasteiger partial charge in [0.25, 0.3) is 0 Å². The van der Waals surface area contributed by atoms with E-state index in [1.165, 1.54) is 12.8 Å². The zero-order chi connectivity index (χ0) is 8.93. The topological polar surface area (TPSA) is 37.8 Å². The fourth-order valence-electron chi connectivity index (χ4n) is 1.11. The van der Waals surface area contributed by atoms with E-state index in [2.05, 4.69) is 27.4 Å². The molecule has 0 bridgehead atoms. The first-order valence-corrected chi connectivity index (χ1v) is 4.62. The molecule has 1 aromatic rings. The molecule has 1 heterocycles. The highest BCUT2D eigenvalue weighted by Gasteiger charge is 2.16. The second-order valence-corrected chi connectivity index (χ2v) is 3.24. The number of hydrogen-bond acceptors (Lipinski definition) is 3. The highest BCUT2D eigenvalue weighted by Crippen LogP contribution is 2.29. The Hall–Kier alpha value is -1.38. The van der Waals surface area contributed by atoms with Crippen molar-refractivity contribution < 1.29 is 0 Å². The van der Waals surface area contributed by atoms with Crippen molar-refractivity contribution in [1.29, 1.82) is 0 Å². The molecule has 1 aliphatic carbocycles. The Labute approximate surface area is 77.9 Å². The van der Waals surface area contributed by atoms with Gasteiger partial charge in [0.15, 0.2) is 0 Å². The van der Waals surface area contributed by atoms with Gasteiger partial charge < -0.3 is 5.32 Å². The summed E-state index contributed by atoms with van der Waals surface area (Å²) in [5, 5.41) is 3.19. The summed E-state index contributed by atoms with van der Waals surface area (Å²) >= 11 is 0. The van der Waals surface area contributed by atoms with E-state index in [0.717, 1.165) is 18.3 Å². The van der Waals surface area contributed by atoms with E-state index in [9.17, 15) is 0 Å². The molecular formula is C10H13N3. The summed E-state index contributed by atoms with van der Waals surface area (Å²) in [6, 6.07) is 1.87. The molecule has 68 valence electrons. The van der Waals surface area contributed by atoms with Crippen molar-refractivity contribution in [3.63, 3.8) is 0 Å². The van der Waals surface area contributed by atoms with Crippen LogP contribution >= 0.6 is 0 Å². The predicted octanol–water partition coefficient (Wildman–Crippen LogP) is 1.85. The number of aromatic nitrogens is 2. The maximum Gasteiger partial charge on any atom is 0.129 e. The van der Waals surface area contributed by atoms with E-state index in [4.69, 9.17) is 0 Å². The summed E-state index contributed by atoms with van der Waals surface area (Å²) in [6.45, 7) is 0.855. The van der Waals surface area contributed by atoms with E-state index < -0.39 is 0 Å². The van der Waals surface area contributed by atoms with Gasteiger partial charge in [-0.15, -0.1) is 0 Å². The summed E-state index contributed by atoms with van der Waals surface area (Å²) in [7, 11) is 0. The lowest BCUT2D eigenvalue weighted by molar-refractivity contribution is 1.10. The van der Waals surface area contributed by atoms with Crippen molar-refractivity contribution in [3.05, 3.63) is 30.7 Å². The van der Waals surface area contributed by atoms with Gasteiger partial charge in [0.2, 0.25) is 0 Å². The van der Waals surface area contributed by atoms with Crippen LogP contribution in [0.2, 0.25) is 0 Å². The van der Waals surface area contributed by atoms with Crippen molar-refractivity contribution in [1.82, 2.24) is 9.97 Å². The summed E-state index contributed by atoms with van der Waals surface area (Å²) in [5.41, 5.74) is 0. The van der Waals surface area contributed by atoms with E-state index in [1.807, 2.05) is 6.07 Å². The van der Waals surface area contributed by atoms with Crippen molar-refractivity contribution in [3.8, 4) is 0 Å². The minimum atomic E-state index is 0.854. The van der Waals surface area contributed by atoms with Gasteiger partial charge in [-0.05, 0) is 24.8 Å². The summed E-state index contributed by atoms with van der Waals surface area (Å²) in [4.78, 5) is 7.90. The smallest absolute Gasteiger partial charge is 0.129 e. The lowest BCUT2D eigenvalue weighted by Crippen LogP contribution is -2.00. The average Bonchev–Trinajstić information content (AvgIpc) is 2.98. The molecule has 0 unspecified atom stereocenters. The normalized spacial score (nSPS) is 16.3. The molecule has 0 aromatic carbocycles. The van der Waals surface area contributed by atoms with Crippen molar-refractivity contribution >= 4 is 5.82 Å². The number of rotatable bonds is 4. The molecule has 0 atom stereocenters. The maximum atomic E-state index is 4.05. The Morgan fingerprint density at radius 3 is 3.15 bits per heavy atom. The van der Waals surface area contributed by atoms with Crippen LogP contribution in [0.1, 0.15) is 12.8 Å². The van der Waals surface area contributed by atoms with Crippen LogP contribution in [0.15, 0.2) is 30.7 Å². The zero-order valence-corrected chi connectivity index (χ0v) is 7.48. The summed E-state index contributed by atoms with van der Waals surface area (Å²) in [6.07, 6.45) is 10.5. The van der Waals surface area contributed by atoms with Crippen LogP contribution in [0.3, 0.4) is 0 Å². The lowest BCUT2D eigenvalue weighted by atomic mass is 10.3. The molecule has 0 saturated heterocycles. The number of allylic oxidation sites excluding steroid dienone is 1. The van der Waals surface area contributed by atoms with E-state index in [0.29, 0.717) is 0 Å². The van der Waals surface area contributed by atoms with Gasteiger partial charge in [-0.3, -0.25) is 0 Å². The molecule has 1 N–H and O–H groups in total. The molecule has 3 nitrogen and oxygen atoms in total. The molecule has 13 heavy (non-hydrogen) atoms. The third-order valence-electron chi connectivity index (χ3n) is 2.01. The van der Waals surface area contributed by atoms with Gasteiger partial charge in [-0.2, -0.15) is 0 Å². The molecular weight excluding hydrogens is 162 g/mol. The summed E-state index contributed by atoms with van der Waals surface area (Å²) < 4.78 is 0. The van der Waals surface area contributed by atoms with Crippen LogP contribution in [-0.4, -0.2) is 16.5 Å². The number of hydrogen-bond donors (Lipinski definition) is 1. The molecule has 1 aliphatic rings. The first kappa shape index (κ1) is 8.23. The van der Waals surface area contributed by atoms with Crippen LogP contribution < -0.4 is 5.32 Å². The zero-order valence-electron chi connectivity index (χ0n) is 7.48. The molecule has 0 spiro atoms. The van der Waals surface area contributed by atoms with Crippen LogP contribution in [0, 0.1) is 5.92 Å². The van der Waals surface area contributed by atoms with Crippen molar-refractivity contribution in [2.75, 3.05) is 11.9 Å². The standard InChI is InChI=1S/C10H13N3/c1(2-9-3-4-9)6-12-10-5-7-11-8-13-10/h1-2,5,7-9H,3-4,6H2,(H,11,12,13)/b2-1+. The quantitative estimate of drug-likeness (QED) is 0.710. The molecule has 0 radical (unpaired) electrons. The first-order valence-electron chi connectivity index (χ1n) is 4.62. The molecule has 1 aromatic heterocycles. The third kappa shape index (κ3) is 2.86. The van der Waals surface area contributed by atoms with Crippen LogP contribution in [0.5, 0.6) is 0 Å². The van der Waals surface area contributed by atoms with Crippen LogP contribution in [0.4, 0.5) is 5.82 Å². The largest absolute Gasteiger partial charge is 0.367 e. The van der Waals surface area contributed by atoms with Crippen molar-refractivity contribution in [2.24, 2.45) is 5.92 Å². The number of anilines is 1. The van der Waals surface area contributed by atoms with E-state index >= 15 is 0 Å². The van der Waals surface area contributed by atoms with Gasteiger partial charge in [0.05, 0.1) is 0 Å². The Bertz CT molecular complexity index is 277. The fraction of sp³-hybridized carbons (Fsp3) is 0.400. The van der Waals surface area contributed by atoms with E-state index in [-0.39, 0.29) is 0 Å². The third-order valence-corrected chi connectivity index (χ3v) is 2.01. The molecule has 1 saturated carbocycles. The Morgan fingerprint density at radius 2 is 2.46 bits per heavy atom. The SMILES string of the molecule is C(=C\C1CC1)/CNc1ccncn1. The second kappa shape index (κ2) is 4.03. The minimum Gasteiger partial charge on any atom is -0.367 e. The van der Waals surface area contributed by atoms with Gasteiger partial charge in [0, 0.05) is 12.7 Å². The monoisotopic (exact) mass is 175 g/mol. The Kier molecular flexibility index (Phi) is 2.55. The van der Waals surface area contributed by atoms with E-state index in [1.54, 1.807) is 12.5 Å². The molecule has 0 aliphatic heterocycles. The van der Waals surface area contributed by atoms with Crippen LogP contribution in [0.25, 0.3) is 0 Å². The van der Waals surface area contributed by atoms with Gasteiger partial charge in [-0.1, -0.05) is 12.2 Å². The highest BCUT2D eigenvalue weighted by atomic mass is 15.0. The predicted molar refractivity (Wildman–Crippen MR) is 52.4 cm³/mol. The molecule has 2 rings (SSSR count). The van der Waals surface area contributed by atoms with Gasteiger partial charge >= 0.3 is 0 Å². The van der Waals surface area contributed by atoms with Gasteiger partial charge in [0.1, 0.15) is 12.1 Å². The highest BCUT2D eigenvalue weighted by molar-refractivity contribution is 5.32. The minimum absolute atomic E-state index is 0.854. The Morgan fingerprint density at radius 1 is 1.54 bits per heavy atom. The van der Waals surface area contributed by atoms with Crippen molar-refractivity contribution in [2.45, 2.75) is 12.8 Å². The summed E-state index contributed by atoms with van der Waals surface area (Å²) in [5.74, 6) is 1.74. The Balaban J connectivity index is 1.73. The molecule has 1 fully saturated rings. The van der Waals surface area contributed by atoms with Crippen LogP contribution in [-0.2, 0) is 0 Å². The van der Waals surface area contributed by atoms with Gasteiger partial charge in [-0.25, -0.2) is 9.97 Å². The second-order valence-electron chi connectivity index (χ2n) is 3.24.